The van der Waals surface area contributed by atoms with Crippen LogP contribution in [0.3, 0.4) is 0 Å². The molecule has 2 heterocycles. The van der Waals surface area contributed by atoms with Crippen LogP contribution in [0.25, 0.3) is 0 Å². The van der Waals surface area contributed by atoms with Gasteiger partial charge in [-0.1, -0.05) is 6.92 Å². The van der Waals surface area contributed by atoms with E-state index >= 15 is 0 Å². The van der Waals surface area contributed by atoms with Crippen LogP contribution in [0, 0.1) is 11.8 Å². The second kappa shape index (κ2) is 5.15. The van der Waals surface area contributed by atoms with Gasteiger partial charge in [0.25, 0.3) is 0 Å². The maximum Gasteiger partial charge on any atom is 0.307 e. The van der Waals surface area contributed by atoms with Gasteiger partial charge in [-0.15, -0.1) is 0 Å². The Morgan fingerprint density at radius 1 is 1.44 bits per heavy atom. The van der Waals surface area contributed by atoms with Gasteiger partial charge in [0.1, 0.15) is 0 Å². The zero-order chi connectivity index (χ0) is 11.5. The van der Waals surface area contributed by atoms with Gasteiger partial charge in [-0.2, -0.15) is 0 Å². The minimum atomic E-state index is -0.651. The zero-order valence-electron chi connectivity index (χ0n) is 9.98. The third-order valence-electron chi connectivity index (χ3n) is 3.88. The van der Waals surface area contributed by atoms with Crippen LogP contribution in [0.15, 0.2) is 0 Å². The maximum absolute atomic E-state index is 11.0. The molecule has 0 aromatic heterocycles. The Balaban J connectivity index is 1.90. The van der Waals surface area contributed by atoms with Crippen LogP contribution in [0.2, 0.25) is 0 Å². The fraction of sp³-hybridized carbons (Fsp3) is 0.917. The molecule has 2 aliphatic rings. The van der Waals surface area contributed by atoms with Crippen LogP contribution in [-0.2, 0) is 4.79 Å². The Morgan fingerprint density at radius 3 is 2.94 bits per heavy atom. The summed E-state index contributed by atoms with van der Waals surface area (Å²) in [6, 6.07) is 0.428. The van der Waals surface area contributed by atoms with Crippen molar-refractivity contribution in [3.05, 3.63) is 0 Å². The summed E-state index contributed by atoms with van der Waals surface area (Å²) in [5, 5.41) is 12.3. The van der Waals surface area contributed by atoms with Crippen LogP contribution in [0.4, 0.5) is 0 Å². The van der Waals surface area contributed by atoms with Gasteiger partial charge >= 0.3 is 5.97 Å². The molecule has 0 saturated carbocycles. The number of piperidine rings is 2. The lowest BCUT2D eigenvalue weighted by molar-refractivity contribution is -0.143. The molecule has 16 heavy (non-hydrogen) atoms. The Bertz CT molecular complexity index is 257. The molecule has 0 bridgehead atoms. The van der Waals surface area contributed by atoms with Crippen molar-refractivity contribution in [2.24, 2.45) is 11.8 Å². The van der Waals surface area contributed by atoms with Crippen molar-refractivity contribution < 1.29 is 9.90 Å². The van der Waals surface area contributed by atoms with Gasteiger partial charge in [0, 0.05) is 25.7 Å². The molecular formula is C12H22N2O2. The molecule has 0 unspecified atom stereocenters. The van der Waals surface area contributed by atoms with Crippen molar-refractivity contribution in [3.8, 4) is 0 Å². The third-order valence-corrected chi connectivity index (χ3v) is 3.88. The van der Waals surface area contributed by atoms with Crippen LogP contribution in [0.1, 0.15) is 26.2 Å². The number of nitrogens with zero attached hydrogens (tertiary/aromatic N) is 1. The average Bonchev–Trinajstić information content (AvgIpc) is 2.29. The van der Waals surface area contributed by atoms with Gasteiger partial charge in [0.05, 0.1) is 5.92 Å². The summed E-state index contributed by atoms with van der Waals surface area (Å²) in [6.45, 7) is 6.16. The number of carboxylic acid groups (broad SMARTS) is 1. The molecule has 4 nitrogen and oxygen atoms in total. The summed E-state index contributed by atoms with van der Waals surface area (Å²) in [5.74, 6) is -0.0859. The second-order valence-corrected chi connectivity index (χ2v) is 5.33. The SMILES string of the molecule is C[C@@H]1CCCN([C@H]2CNC[C@@H](C(=O)O)C2)C1. The van der Waals surface area contributed by atoms with Crippen LogP contribution in [0.5, 0.6) is 0 Å². The summed E-state index contributed by atoms with van der Waals surface area (Å²) in [4.78, 5) is 13.5. The first-order valence-corrected chi connectivity index (χ1v) is 6.34. The standard InChI is InChI=1S/C12H22N2O2/c1-9-3-2-4-14(8-9)11-5-10(12(15)16)6-13-7-11/h9-11,13H,2-8H2,1H3,(H,15,16)/t9-,10+,11-/m1/s1. The maximum atomic E-state index is 11.0. The second-order valence-electron chi connectivity index (χ2n) is 5.33. The smallest absolute Gasteiger partial charge is 0.307 e. The summed E-state index contributed by atoms with van der Waals surface area (Å²) in [7, 11) is 0. The van der Waals surface area contributed by atoms with E-state index in [-0.39, 0.29) is 5.92 Å². The minimum Gasteiger partial charge on any atom is -0.481 e. The highest BCUT2D eigenvalue weighted by Crippen LogP contribution is 2.22. The number of nitrogens with one attached hydrogen (secondary N) is 1. The lowest BCUT2D eigenvalue weighted by Crippen LogP contribution is -2.53. The molecule has 2 fully saturated rings. The van der Waals surface area contributed by atoms with Gasteiger partial charge in [0.2, 0.25) is 0 Å². The normalized spacial score (nSPS) is 37.2. The number of rotatable bonds is 2. The van der Waals surface area contributed by atoms with Gasteiger partial charge < -0.3 is 10.4 Å². The largest absolute Gasteiger partial charge is 0.481 e. The lowest BCUT2D eigenvalue weighted by Gasteiger charge is -2.40. The highest BCUT2D eigenvalue weighted by Gasteiger charge is 2.31. The number of aliphatic carboxylic acids is 1. The number of carbonyl (C=O) groups is 1. The van der Waals surface area contributed by atoms with E-state index < -0.39 is 5.97 Å². The lowest BCUT2D eigenvalue weighted by atomic mass is 9.91. The first-order valence-electron chi connectivity index (χ1n) is 6.34. The fourth-order valence-corrected chi connectivity index (χ4v) is 2.94. The molecule has 0 aliphatic carbocycles. The predicted molar refractivity (Wildman–Crippen MR) is 62.4 cm³/mol. The Morgan fingerprint density at radius 2 is 2.25 bits per heavy atom. The molecule has 2 saturated heterocycles. The summed E-state index contributed by atoms with van der Waals surface area (Å²) < 4.78 is 0. The molecule has 4 heteroatoms. The van der Waals surface area contributed by atoms with Gasteiger partial charge in [-0.05, 0) is 31.7 Å². The zero-order valence-corrected chi connectivity index (χ0v) is 9.98. The van der Waals surface area contributed by atoms with Crippen molar-refractivity contribution in [2.75, 3.05) is 26.2 Å². The molecule has 92 valence electrons. The van der Waals surface area contributed by atoms with E-state index in [9.17, 15) is 4.79 Å². The minimum absolute atomic E-state index is 0.198. The number of carboxylic acids is 1. The quantitative estimate of drug-likeness (QED) is 0.730. The first kappa shape index (κ1) is 11.9. The van der Waals surface area contributed by atoms with Crippen molar-refractivity contribution in [2.45, 2.75) is 32.2 Å². The molecule has 0 amide bonds. The van der Waals surface area contributed by atoms with E-state index in [4.69, 9.17) is 5.11 Å². The van der Waals surface area contributed by atoms with Crippen LogP contribution < -0.4 is 5.32 Å². The van der Waals surface area contributed by atoms with Crippen LogP contribution >= 0.6 is 0 Å². The highest BCUT2D eigenvalue weighted by atomic mass is 16.4. The molecule has 0 aromatic rings. The average molecular weight is 226 g/mol. The van der Waals surface area contributed by atoms with E-state index in [1.807, 2.05) is 0 Å². The predicted octanol–water partition coefficient (Wildman–Crippen LogP) is 0.781. The van der Waals surface area contributed by atoms with Crippen LogP contribution in [-0.4, -0.2) is 48.2 Å². The summed E-state index contributed by atoms with van der Waals surface area (Å²) in [6.07, 6.45) is 3.39. The highest BCUT2D eigenvalue weighted by molar-refractivity contribution is 5.70. The van der Waals surface area contributed by atoms with E-state index in [1.54, 1.807) is 0 Å². The van der Waals surface area contributed by atoms with Crippen molar-refractivity contribution in [3.63, 3.8) is 0 Å². The van der Waals surface area contributed by atoms with Crippen molar-refractivity contribution in [1.82, 2.24) is 10.2 Å². The Hall–Kier alpha value is -0.610. The van der Waals surface area contributed by atoms with E-state index in [1.165, 1.54) is 12.8 Å². The fourth-order valence-electron chi connectivity index (χ4n) is 2.94. The Kier molecular flexibility index (Phi) is 3.82. The molecule has 0 spiro atoms. The van der Waals surface area contributed by atoms with E-state index in [2.05, 4.69) is 17.1 Å². The van der Waals surface area contributed by atoms with Crippen molar-refractivity contribution >= 4 is 5.97 Å². The molecular weight excluding hydrogens is 204 g/mol. The molecule has 0 aromatic carbocycles. The molecule has 2 rings (SSSR count). The number of hydrogen-bond donors (Lipinski definition) is 2. The number of hydrogen-bond acceptors (Lipinski definition) is 3. The van der Waals surface area contributed by atoms with Crippen molar-refractivity contribution in [1.29, 1.82) is 0 Å². The third kappa shape index (κ3) is 2.74. The van der Waals surface area contributed by atoms with Gasteiger partial charge in [0.15, 0.2) is 0 Å². The summed E-state index contributed by atoms with van der Waals surface area (Å²) in [5.41, 5.74) is 0. The van der Waals surface area contributed by atoms with E-state index in [0.29, 0.717) is 12.6 Å². The molecule has 2 aliphatic heterocycles. The first-order chi connectivity index (χ1) is 7.66. The molecule has 3 atom stereocenters. The van der Waals surface area contributed by atoms with Gasteiger partial charge in [-0.25, -0.2) is 0 Å². The molecule has 2 N–H and O–H groups in total. The summed E-state index contributed by atoms with van der Waals surface area (Å²) >= 11 is 0. The van der Waals surface area contributed by atoms with Gasteiger partial charge in [-0.3, -0.25) is 9.69 Å². The molecule has 0 radical (unpaired) electrons. The van der Waals surface area contributed by atoms with E-state index in [0.717, 1.165) is 32.0 Å². The monoisotopic (exact) mass is 226 g/mol. The number of likely N-dealkylation sites (tertiary alicyclic amines) is 1. The Labute approximate surface area is 97.0 Å². The topological polar surface area (TPSA) is 52.6 Å².